The Hall–Kier alpha value is -2.04. The van der Waals surface area contributed by atoms with Crippen molar-refractivity contribution < 1.29 is 9.53 Å². The lowest BCUT2D eigenvalue weighted by atomic mass is 10.2. The molecule has 0 spiro atoms. The number of urea groups is 1. The van der Waals surface area contributed by atoms with Gasteiger partial charge in [0.15, 0.2) is 0 Å². The lowest BCUT2D eigenvalue weighted by Crippen LogP contribution is -2.35. The van der Waals surface area contributed by atoms with Gasteiger partial charge >= 0.3 is 6.03 Å². The Morgan fingerprint density at radius 3 is 2.60 bits per heavy atom. The van der Waals surface area contributed by atoms with Crippen LogP contribution in [0.5, 0.6) is 0 Å². The molecule has 2 aromatic rings. The summed E-state index contributed by atoms with van der Waals surface area (Å²) in [4.78, 5) is 14.6. The van der Waals surface area contributed by atoms with Crippen LogP contribution in [0.1, 0.15) is 24.0 Å². The average Bonchev–Trinajstić information content (AvgIpc) is 2.61. The number of anilines is 1. The number of methoxy groups -OCH3 is 1. The van der Waals surface area contributed by atoms with E-state index in [1.54, 1.807) is 13.2 Å². The van der Waals surface area contributed by atoms with Gasteiger partial charge < -0.3 is 15.0 Å². The van der Waals surface area contributed by atoms with E-state index in [4.69, 9.17) is 16.3 Å². The van der Waals surface area contributed by atoms with Crippen LogP contribution >= 0.6 is 11.6 Å². The Kier molecular flexibility index (Phi) is 7.76. The monoisotopic (exact) mass is 360 g/mol. The molecule has 2 rings (SSSR count). The van der Waals surface area contributed by atoms with Crippen LogP contribution < -0.4 is 5.32 Å². The van der Waals surface area contributed by atoms with Crippen molar-refractivity contribution in [3.8, 4) is 0 Å². The number of nitrogens with one attached hydrogen (secondary N) is 1. The Morgan fingerprint density at radius 2 is 1.92 bits per heavy atom. The van der Waals surface area contributed by atoms with Crippen LogP contribution in [0.25, 0.3) is 0 Å². The van der Waals surface area contributed by atoms with Crippen LogP contribution in [-0.2, 0) is 11.3 Å². The Balaban J connectivity index is 2.05. The molecule has 0 saturated heterocycles. The molecule has 134 valence electrons. The number of carbonyl (C=O) groups excluding carboxylic acids is 1. The smallest absolute Gasteiger partial charge is 0.322 e. The van der Waals surface area contributed by atoms with E-state index in [1.165, 1.54) is 0 Å². The van der Waals surface area contributed by atoms with Crippen LogP contribution in [0.4, 0.5) is 10.5 Å². The van der Waals surface area contributed by atoms with Crippen molar-refractivity contribution in [3.05, 3.63) is 64.7 Å². The summed E-state index contributed by atoms with van der Waals surface area (Å²) in [7, 11) is 1.69. The maximum Gasteiger partial charge on any atom is 0.322 e. The van der Waals surface area contributed by atoms with Gasteiger partial charge in [-0.15, -0.1) is 0 Å². The van der Waals surface area contributed by atoms with Crippen molar-refractivity contribution >= 4 is 23.3 Å². The first-order valence-corrected chi connectivity index (χ1v) is 8.83. The van der Waals surface area contributed by atoms with Gasteiger partial charge in [0.25, 0.3) is 0 Å². The third-order valence-electron chi connectivity index (χ3n) is 3.96. The maximum atomic E-state index is 12.8. The van der Waals surface area contributed by atoms with E-state index in [0.29, 0.717) is 24.7 Å². The second-order valence-corrected chi connectivity index (χ2v) is 6.43. The summed E-state index contributed by atoms with van der Waals surface area (Å²) in [5.41, 5.74) is 2.83. The zero-order valence-corrected chi connectivity index (χ0v) is 15.6. The van der Waals surface area contributed by atoms with Gasteiger partial charge in [-0.2, -0.15) is 0 Å². The lowest BCUT2D eigenvalue weighted by molar-refractivity contribution is 0.182. The largest absolute Gasteiger partial charge is 0.385 e. The standard InChI is InChI=1S/C20H25ClN2O2/c1-16-14-18(21)10-11-19(16)22-20(24)23(12-6-7-13-25-2)15-17-8-4-3-5-9-17/h3-5,8-11,14H,6-7,12-13,15H2,1-2H3,(H,22,24). The molecule has 0 radical (unpaired) electrons. The molecule has 2 amide bonds. The molecule has 0 unspecified atom stereocenters. The number of amides is 2. The molecule has 0 aliphatic rings. The number of hydrogen-bond acceptors (Lipinski definition) is 2. The Bertz CT molecular complexity index is 677. The number of benzene rings is 2. The first kappa shape index (κ1) is 19.3. The molecule has 4 nitrogen and oxygen atoms in total. The fourth-order valence-electron chi connectivity index (χ4n) is 2.57. The van der Waals surface area contributed by atoms with E-state index in [-0.39, 0.29) is 6.03 Å². The van der Waals surface area contributed by atoms with Crippen LogP contribution in [0.3, 0.4) is 0 Å². The molecule has 0 bridgehead atoms. The highest BCUT2D eigenvalue weighted by Gasteiger charge is 2.15. The van der Waals surface area contributed by atoms with Crippen LogP contribution in [-0.4, -0.2) is 31.2 Å². The maximum absolute atomic E-state index is 12.8. The zero-order valence-electron chi connectivity index (χ0n) is 14.8. The molecule has 0 aliphatic heterocycles. The van der Waals surface area contributed by atoms with Gasteiger partial charge in [-0.25, -0.2) is 4.79 Å². The van der Waals surface area contributed by atoms with Gasteiger partial charge in [0.1, 0.15) is 0 Å². The van der Waals surface area contributed by atoms with Crippen molar-refractivity contribution in [2.24, 2.45) is 0 Å². The quantitative estimate of drug-likeness (QED) is 0.664. The van der Waals surface area contributed by atoms with Crippen molar-refractivity contribution in [1.82, 2.24) is 4.90 Å². The predicted molar refractivity (Wildman–Crippen MR) is 103 cm³/mol. The van der Waals surface area contributed by atoms with Crippen molar-refractivity contribution in [2.75, 3.05) is 25.6 Å². The highest BCUT2D eigenvalue weighted by molar-refractivity contribution is 6.30. The van der Waals surface area contributed by atoms with Gasteiger partial charge in [0, 0.05) is 37.5 Å². The minimum Gasteiger partial charge on any atom is -0.385 e. The van der Waals surface area contributed by atoms with Gasteiger partial charge in [0.05, 0.1) is 0 Å². The summed E-state index contributed by atoms with van der Waals surface area (Å²) in [6.45, 7) is 3.89. The number of ether oxygens (including phenoxy) is 1. The topological polar surface area (TPSA) is 41.6 Å². The summed E-state index contributed by atoms with van der Waals surface area (Å²) < 4.78 is 5.09. The molecule has 0 saturated carbocycles. The fourth-order valence-corrected chi connectivity index (χ4v) is 2.79. The second-order valence-electron chi connectivity index (χ2n) is 6.00. The SMILES string of the molecule is COCCCCN(Cc1ccccc1)C(=O)Nc1ccc(Cl)cc1C. The van der Waals surface area contributed by atoms with Gasteiger partial charge in [-0.1, -0.05) is 41.9 Å². The molecule has 5 heteroatoms. The summed E-state index contributed by atoms with van der Waals surface area (Å²) in [6.07, 6.45) is 1.82. The lowest BCUT2D eigenvalue weighted by Gasteiger charge is -2.24. The van der Waals surface area contributed by atoms with Crippen molar-refractivity contribution in [2.45, 2.75) is 26.3 Å². The van der Waals surface area contributed by atoms with E-state index < -0.39 is 0 Å². The summed E-state index contributed by atoms with van der Waals surface area (Å²) in [5, 5.41) is 3.66. The van der Waals surface area contributed by atoms with E-state index in [0.717, 1.165) is 29.7 Å². The first-order chi connectivity index (χ1) is 12.1. The third kappa shape index (κ3) is 6.40. The van der Waals surface area contributed by atoms with Gasteiger partial charge in [0.2, 0.25) is 0 Å². The third-order valence-corrected chi connectivity index (χ3v) is 4.20. The highest BCUT2D eigenvalue weighted by Crippen LogP contribution is 2.20. The zero-order chi connectivity index (χ0) is 18.1. The molecule has 0 aromatic heterocycles. The van der Waals surface area contributed by atoms with E-state index in [9.17, 15) is 4.79 Å². The number of unbranched alkanes of at least 4 members (excludes halogenated alkanes) is 1. The predicted octanol–water partition coefficient (Wildman–Crippen LogP) is 5.11. The molecular formula is C20H25ClN2O2. The van der Waals surface area contributed by atoms with Crippen LogP contribution in [0.2, 0.25) is 5.02 Å². The number of carbonyl (C=O) groups is 1. The van der Waals surface area contributed by atoms with Crippen LogP contribution in [0.15, 0.2) is 48.5 Å². The average molecular weight is 361 g/mol. The first-order valence-electron chi connectivity index (χ1n) is 8.45. The summed E-state index contributed by atoms with van der Waals surface area (Å²) in [6, 6.07) is 15.4. The van der Waals surface area contributed by atoms with Crippen molar-refractivity contribution in [1.29, 1.82) is 0 Å². The molecule has 0 atom stereocenters. The summed E-state index contributed by atoms with van der Waals surface area (Å²) in [5.74, 6) is 0. The number of hydrogen-bond donors (Lipinski definition) is 1. The highest BCUT2D eigenvalue weighted by atomic mass is 35.5. The Morgan fingerprint density at radius 1 is 1.16 bits per heavy atom. The van der Waals surface area contributed by atoms with E-state index >= 15 is 0 Å². The van der Waals surface area contributed by atoms with Crippen molar-refractivity contribution in [3.63, 3.8) is 0 Å². The van der Waals surface area contributed by atoms with Gasteiger partial charge in [-0.3, -0.25) is 0 Å². The molecule has 2 aromatic carbocycles. The number of rotatable bonds is 8. The normalized spacial score (nSPS) is 10.5. The Labute approximate surface area is 154 Å². The van der Waals surface area contributed by atoms with E-state index in [1.807, 2.05) is 54.3 Å². The summed E-state index contributed by atoms with van der Waals surface area (Å²) >= 11 is 5.99. The van der Waals surface area contributed by atoms with Gasteiger partial charge in [-0.05, 0) is 49.1 Å². The molecule has 0 heterocycles. The fraction of sp³-hybridized carbons (Fsp3) is 0.350. The second kappa shape index (κ2) is 10.1. The molecule has 1 N–H and O–H groups in total. The number of halogens is 1. The minimum atomic E-state index is -0.105. The minimum absolute atomic E-state index is 0.105. The molecule has 0 fully saturated rings. The number of nitrogens with zero attached hydrogens (tertiary/aromatic N) is 1. The van der Waals surface area contributed by atoms with Crippen LogP contribution in [0, 0.1) is 6.92 Å². The van der Waals surface area contributed by atoms with E-state index in [2.05, 4.69) is 5.32 Å². The molecule has 0 aliphatic carbocycles. The number of aryl methyl sites for hydroxylation is 1. The molecular weight excluding hydrogens is 336 g/mol. The molecule has 25 heavy (non-hydrogen) atoms.